The first kappa shape index (κ1) is 10.6. The van der Waals surface area contributed by atoms with E-state index in [0.717, 1.165) is 0 Å². The molecule has 0 aliphatic rings. The van der Waals surface area contributed by atoms with Gasteiger partial charge in [0, 0.05) is 11.1 Å². The van der Waals surface area contributed by atoms with Crippen molar-refractivity contribution in [2.24, 2.45) is 0 Å². The van der Waals surface area contributed by atoms with Crippen molar-refractivity contribution in [1.29, 1.82) is 5.26 Å². The van der Waals surface area contributed by atoms with Crippen LogP contribution in [0.4, 0.5) is 0 Å². The number of nitrogens with zero attached hydrogens (tertiary/aromatic N) is 1. The highest BCUT2D eigenvalue weighted by Crippen LogP contribution is 2.22. The van der Waals surface area contributed by atoms with Crippen molar-refractivity contribution in [3.63, 3.8) is 0 Å². The number of nitriles is 1. The van der Waals surface area contributed by atoms with Crippen LogP contribution in [0.2, 0.25) is 5.02 Å². The smallest absolute Gasteiger partial charge is 0.139 e. The molecule has 0 atom stereocenters. The first-order valence-corrected chi connectivity index (χ1v) is 4.59. The molecule has 14 heavy (non-hydrogen) atoms. The molecule has 0 aliphatic carbocycles. The number of hydrogen-bond acceptors (Lipinski definition) is 2. The highest BCUT2D eigenvalue weighted by atomic mass is 35.5. The van der Waals surface area contributed by atoms with Crippen molar-refractivity contribution in [2.75, 3.05) is 6.61 Å². The summed E-state index contributed by atoms with van der Waals surface area (Å²) in [6, 6.07) is 7.00. The lowest BCUT2D eigenvalue weighted by molar-refractivity contribution is 0.361. The van der Waals surface area contributed by atoms with E-state index in [0.29, 0.717) is 22.9 Å². The number of hydrogen-bond donors (Lipinski definition) is 0. The standard InChI is InChI=1S/C11H10ClNO/c1-2-3-6-14-11-7-10(12)5-4-9(11)8-13/h2-5,7H,6H2,1H3/b3-2+. The minimum atomic E-state index is 0.450. The molecule has 2 nitrogen and oxygen atoms in total. The number of halogens is 1. The third kappa shape index (κ3) is 2.79. The summed E-state index contributed by atoms with van der Waals surface area (Å²) in [6.45, 7) is 2.36. The Kier molecular flexibility index (Phi) is 4.03. The predicted molar refractivity (Wildman–Crippen MR) is 56.5 cm³/mol. The summed E-state index contributed by atoms with van der Waals surface area (Å²) >= 11 is 5.78. The van der Waals surface area contributed by atoms with Gasteiger partial charge in [0.05, 0.1) is 5.56 Å². The van der Waals surface area contributed by atoms with Crippen molar-refractivity contribution in [1.82, 2.24) is 0 Å². The Bertz CT molecular complexity index is 379. The SMILES string of the molecule is C/C=C/COc1cc(Cl)ccc1C#N. The Balaban J connectivity index is 2.83. The van der Waals surface area contributed by atoms with Crippen molar-refractivity contribution in [3.05, 3.63) is 40.9 Å². The van der Waals surface area contributed by atoms with Crippen LogP contribution in [0.1, 0.15) is 12.5 Å². The molecule has 0 spiro atoms. The second-order valence-electron chi connectivity index (χ2n) is 2.63. The molecular weight excluding hydrogens is 198 g/mol. The van der Waals surface area contributed by atoms with Gasteiger partial charge in [-0.3, -0.25) is 0 Å². The second kappa shape index (κ2) is 5.31. The molecule has 1 rings (SSSR count). The lowest BCUT2D eigenvalue weighted by atomic mass is 10.2. The van der Waals surface area contributed by atoms with Crippen molar-refractivity contribution in [3.8, 4) is 11.8 Å². The fraction of sp³-hybridized carbons (Fsp3) is 0.182. The summed E-state index contributed by atoms with van der Waals surface area (Å²) in [5, 5.41) is 9.34. The van der Waals surface area contributed by atoms with Crippen LogP contribution in [-0.4, -0.2) is 6.61 Å². The Labute approximate surface area is 88.4 Å². The minimum Gasteiger partial charge on any atom is -0.488 e. The van der Waals surface area contributed by atoms with Gasteiger partial charge in [0.1, 0.15) is 18.4 Å². The molecule has 0 saturated carbocycles. The third-order valence-electron chi connectivity index (χ3n) is 1.63. The van der Waals surface area contributed by atoms with E-state index in [2.05, 4.69) is 0 Å². The van der Waals surface area contributed by atoms with E-state index in [4.69, 9.17) is 21.6 Å². The van der Waals surface area contributed by atoms with Crippen molar-refractivity contribution >= 4 is 11.6 Å². The lowest BCUT2D eigenvalue weighted by Gasteiger charge is -2.05. The van der Waals surface area contributed by atoms with Gasteiger partial charge in [-0.2, -0.15) is 5.26 Å². The summed E-state index contributed by atoms with van der Waals surface area (Å²) in [5.41, 5.74) is 0.499. The van der Waals surface area contributed by atoms with E-state index in [1.165, 1.54) is 0 Å². The zero-order chi connectivity index (χ0) is 10.4. The predicted octanol–water partition coefficient (Wildman–Crippen LogP) is 3.17. The number of rotatable bonds is 3. The Hall–Kier alpha value is -1.46. The minimum absolute atomic E-state index is 0.450. The van der Waals surface area contributed by atoms with Gasteiger partial charge in [0.25, 0.3) is 0 Å². The molecule has 0 saturated heterocycles. The van der Waals surface area contributed by atoms with Gasteiger partial charge >= 0.3 is 0 Å². The monoisotopic (exact) mass is 207 g/mol. The van der Waals surface area contributed by atoms with Crippen LogP contribution in [0.3, 0.4) is 0 Å². The van der Waals surface area contributed by atoms with Crippen LogP contribution in [0.5, 0.6) is 5.75 Å². The third-order valence-corrected chi connectivity index (χ3v) is 1.87. The fourth-order valence-corrected chi connectivity index (χ4v) is 1.10. The molecule has 0 bridgehead atoms. The maximum Gasteiger partial charge on any atom is 0.139 e. The average Bonchev–Trinajstić information content (AvgIpc) is 2.19. The Morgan fingerprint density at radius 1 is 1.57 bits per heavy atom. The van der Waals surface area contributed by atoms with Gasteiger partial charge in [0.2, 0.25) is 0 Å². The zero-order valence-electron chi connectivity index (χ0n) is 7.83. The molecule has 1 aromatic carbocycles. The van der Waals surface area contributed by atoms with Gasteiger partial charge in [0.15, 0.2) is 0 Å². The van der Waals surface area contributed by atoms with E-state index in [1.54, 1.807) is 18.2 Å². The van der Waals surface area contributed by atoms with E-state index >= 15 is 0 Å². The Morgan fingerprint density at radius 2 is 2.36 bits per heavy atom. The number of ether oxygens (including phenoxy) is 1. The van der Waals surface area contributed by atoms with E-state index in [-0.39, 0.29) is 0 Å². The molecule has 0 aliphatic heterocycles. The molecule has 0 aromatic heterocycles. The van der Waals surface area contributed by atoms with E-state index in [9.17, 15) is 0 Å². The summed E-state index contributed by atoms with van der Waals surface area (Å²) in [4.78, 5) is 0. The molecule has 0 unspecified atom stereocenters. The topological polar surface area (TPSA) is 33.0 Å². The van der Waals surface area contributed by atoms with E-state index < -0.39 is 0 Å². The normalized spacial score (nSPS) is 10.1. The van der Waals surface area contributed by atoms with Crippen molar-refractivity contribution in [2.45, 2.75) is 6.92 Å². The van der Waals surface area contributed by atoms with Crippen LogP contribution in [-0.2, 0) is 0 Å². The fourth-order valence-electron chi connectivity index (χ4n) is 0.942. The van der Waals surface area contributed by atoms with Crippen molar-refractivity contribution < 1.29 is 4.74 Å². The molecular formula is C11H10ClNO. The second-order valence-corrected chi connectivity index (χ2v) is 3.07. The maximum atomic E-state index is 8.77. The molecule has 0 fully saturated rings. The van der Waals surface area contributed by atoms with Crippen LogP contribution in [0, 0.1) is 11.3 Å². The lowest BCUT2D eigenvalue weighted by Crippen LogP contribution is -1.95. The summed E-state index contributed by atoms with van der Waals surface area (Å²) in [6.07, 6.45) is 3.75. The number of benzene rings is 1. The molecule has 0 amide bonds. The van der Waals surface area contributed by atoms with Gasteiger partial charge in [-0.1, -0.05) is 23.8 Å². The van der Waals surface area contributed by atoms with Gasteiger partial charge in [-0.05, 0) is 19.1 Å². The highest BCUT2D eigenvalue weighted by molar-refractivity contribution is 6.30. The largest absolute Gasteiger partial charge is 0.488 e. The summed E-state index contributed by atoms with van der Waals surface area (Å²) < 4.78 is 5.36. The molecule has 0 N–H and O–H groups in total. The number of allylic oxidation sites excluding steroid dienone is 1. The van der Waals surface area contributed by atoms with E-state index in [1.807, 2.05) is 25.1 Å². The van der Waals surface area contributed by atoms with Gasteiger partial charge in [-0.15, -0.1) is 0 Å². The van der Waals surface area contributed by atoms with Crippen LogP contribution in [0.15, 0.2) is 30.4 Å². The van der Waals surface area contributed by atoms with Crippen LogP contribution >= 0.6 is 11.6 Å². The van der Waals surface area contributed by atoms with Crippen LogP contribution < -0.4 is 4.74 Å². The van der Waals surface area contributed by atoms with Crippen LogP contribution in [0.25, 0.3) is 0 Å². The maximum absolute atomic E-state index is 8.77. The molecule has 72 valence electrons. The molecule has 1 aromatic rings. The first-order valence-electron chi connectivity index (χ1n) is 4.21. The molecule has 0 radical (unpaired) electrons. The summed E-state index contributed by atoms with van der Waals surface area (Å²) in [5.74, 6) is 0.526. The summed E-state index contributed by atoms with van der Waals surface area (Å²) in [7, 11) is 0. The zero-order valence-corrected chi connectivity index (χ0v) is 8.58. The van der Waals surface area contributed by atoms with Gasteiger partial charge < -0.3 is 4.74 Å². The quantitative estimate of drug-likeness (QED) is 0.714. The highest BCUT2D eigenvalue weighted by Gasteiger charge is 2.02. The Morgan fingerprint density at radius 3 is 3.00 bits per heavy atom. The molecule has 0 heterocycles. The first-order chi connectivity index (χ1) is 6.77. The average molecular weight is 208 g/mol. The molecule has 3 heteroatoms. The van der Waals surface area contributed by atoms with Gasteiger partial charge in [-0.25, -0.2) is 0 Å².